The summed E-state index contributed by atoms with van der Waals surface area (Å²) >= 11 is 0. The second-order valence-corrected chi connectivity index (χ2v) is 5.75. The molecule has 0 spiro atoms. The lowest BCUT2D eigenvalue weighted by Crippen LogP contribution is -2.42. The molecule has 19 heavy (non-hydrogen) atoms. The van der Waals surface area contributed by atoms with Crippen LogP contribution in [-0.2, 0) is 9.53 Å². The Kier molecular flexibility index (Phi) is 5.60. The van der Waals surface area contributed by atoms with E-state index in [1.165, 1.54) is 0 Å². The van der Waals surface area contributed by atoms with Gasteiger partial charge in [0.05, 0.1) is 6.54 Å². The predicted molar refractivity (Wildman–Crippen MR) is 72.9 cm³/mol. The highest BCUT2D eigenvalue weighted by atomic mass is 16.6. The maximum absolute atomic E-state index is 11.8. The van der Waals surface area contributed by atoms with E-state index in [-0.39, 0.29) is 18.0 Å². The zero-order chi connectivity index (χ0) is 14.5. The average Bonchev–Trinajstić information content (AvgIpc) is 2.73. The van der Waals surface area contributed by atoms with E-state index in [0.29, 0.717) is 26.2 Å². The molecule has 0 bridgehead atoms. The van der Waals surface area contributed by atoms with Crippen LogP contribution in [0.3, 0.4) is 0 Å². The summed E-state index contributed by atoms with van der Waals surface area (Å²) in [6.45, 7) is 9.63. The molecule has 0 aromatic rings. The second kappa shape index (κ2) is 6.75. The first-order valence-electron chi connectivity index (χ1n) is 6.80. The van der Waals surface area contributed by atoms with Crippen molar-refractivity contribution in [3.05, 3.63) is 0 Å². The SMILES string of the molecule is CCNC(=O)CNC1CCN(C(=O)OC(C)(C)C)C1. The monoisotopic (exact) mass is 271 g/mol. The number of carbonyl (C=O) groups excluding carboxylic acids is 2. The van der Waals surface area contributed by atoms with E-state index in [2.05, 4.69) is 10.6 Å². The van der Waals surface area contributed by atoms with Crippen molar-refractivity contribution in [1.29, 1.82) is 0 Å². The molecule has 6 heteroatoms. The molecule has 1 saturated heterocycles. The van der Waals surface area contributed by atoms with Crippen LogP contribution in [0.5, 0.6) is 0 Å². The number of hydrogen-bond donors (Lipinski definition) is 2. The van der Waals surface area contributed by atoms with Gasteiger partial charge in [0, 0.05) is 25.7 Å². The predicted octanol–water partition coefficient (Wildman–Crippen LogP) is 0.722. The molecular formula is C13H25N3O3. The molecule has 1 unspecified atom stereocenters. The van der Waals surface area contributed by atoms with Gasteiger partial charge in [0.15, 0.2) is 0 Å². The maximum Gasteiger partial charge on any atom is 0.410 e. The van der Waals surface area contributed by atoms with Gasteiger partial charge in [0.25, 0.3) is 0 Å². The highest BCUT2D eigenvalue weighted by molar-refractivity contribution is 5.78. The Bertz CT molecular complexity index is 326. The smallest absolute Gasteiger partial charge is 0.410 e. The van der Waals surface area contributed by atoms with Crippen LogP contribution in [0.2, 0.25) is 0 Å². The Hall–Kier alpha value is -1.30. The van der Waals surface area contributed by atoms with E-state index < -0.39 is 5.60 Å². The molecule has 0 aromatic heterocycles. The lowest BCUT2D eigenvalue weighted by Gasteiger charge is -2.24. The first-order chi connectivity index (χ1) is 8.81. The van der Waals surface area contributed by atoms with Crippen LogP contribution >= 0.6 is 0 Å². The second-order valence-electron chi connectivity index (χ2n) is 5.75. The molecule has 1 fully saturated rings. The van der Waals surface area contributed by atoms with Gasteiger partial charge in [-0.3, -0.25) is 4.79 Å². The molecule has 0 aliphatic carbocycles. The molecule has 1 atom stereocenters. The third kappa shape index (κ3) is 5.92. The number of hydrogen-bond acceptors (Lipinski definition) is 4. The molecule has 0 saturated carbocycles. The Morgan fingerprint density at radius 3 is 2.63 bits per heavy atom. The number of rotatable bonds is 4. The summed E-state index contributed by atoms with van der Waals surface area (Å²) in [4.78, 5) is 24.8. The van der Waals surface area contributed by atoms with Crippen molar-refractivity contribution in [2.75, 3.05) is 26.2 Å². The van der Waals surface area contributed by atoms with Gasteiger partial charge in [-0.15, -0.1) is 0 Å². The number of carbonyl (C=O) groups is 2. The van der Waals surface area contributed by atoms with Crippen molar-refractivity contribution in [2.24, 2.45) is 0 Å². The van der Waals surface area contributed by atoms with E-state index in [1.54, 1.807) is 4.90 Å². The van der Waals surface area contributed by atoms with Crippen molar-refractivity contribution in [3.8, 4) is 0 Å². The summed E-state index contributed by atoms with van der Waals surface area (Å²) < 4.78 is 5.31. The van der Waals surface area contributed by atoms with E-state index in [9.17, 15) is 9.59 Å². The molecule has 6 nitrogen and oxygen atoms in total. The van der Waals surface area contributed by atoms with E-state index >= 15 is 0 Å². The summed E-state index contributed by atoms with van der Waals surface area (Å²) in [6.07, 6.45) is 0.563. The van der Waals surface area contributed by atoms with Crippen molar-refractivity contribution >= 4 is 12.0 Å². The lowest BCUT2D eigenvalue weighted by atomic mass is 10.2. The van der Waals surface area contributed by atoms with E-state index in [1.807, 2.05) is 27.7 Å². The molecule has 1 heterocycles. The Balaban J connectivity index is 2.29. The summed E-state index contributed by atoms with van der Waals surface area (Å²) in [5, 5.41) is 5.88. The fourth-order valence-electron chi connectivity index (χ4n) is 1.92. The van der Waals surface area contributed by atoms with E-state index in [0.717, 1.165) is 6.42 Å². The van der Waals surface area contributed by atoms with Crippen molar-refractivity contribution in [1.82, 2.24) is 15.5 Å². The van der Waals surface area contributed by atoms with Crippen molar-refractivity contribution in [3.63, 3.8) is 0 Å². The molecular weight excluding hydrogens is 246 g/mol. The minimum absolute atomic E-state index is 0.0155. The van der Waals surface area contributed by atoms with Crippen LogP contribution in [0.4, 0.5) is 4.79 Å². The Labute approximate surface area is 114 Å². The van der Waals surface area contributed by atoms with Crippen LogP contribution in [0.15, 0.2) is 0 Å². The van der Waals surface area contributed by atoms with Crippen LogP contribution < -0.4 is 10.6 Å². The Morgan fingerprint density at radius 1 is 1.37 bits per heavy atom. The number of likely N-dealkylation sites (tertiary alicyclic amines) is 1. The molecule has 1 rings (SSSR count). The van der Waals surface area contributed by atoms with Gasteiger partial charge in [0.1, 0.15) is 5.60 Å². The van der Waals surface area contributed by atoms with Crippen molar-refractivity contribution < 1.29 is 14.3 Å². The standard InChI is InChI=1S/C13H25N3O3/c1-5-14-11(17)8-15-10-6-7-16(9-10)12(18)19-13(2,3)4/h10,15H,5-9H2,1-4H3,(H,14,17). The summed E-state index contributed by atoms with van der Waals surface area (Å²) in [5.74, 6) is -0.0155. The third-order valence-electron chi connectivity index (χ3n) is 2.77. The van der Waals surface area contributed by atoms with Gasteiger partial charge in [-0.1, -0.05) is 0 Å². The molecule has 2 amide bonds. The average molecular weight is 271 g/mol. The summed E-state index contributed by atoms with van der Waals surface area (Å²) in [6, 6.07) is 0.162. The minimum atomic E-state index is -0.469. The van der Waals surface area contributed by atoms with Gasteiger partial charge in [-0.2, -0.15) is 0 Å². The molecule has 0 radical (unpaired) electrons. The normalized spacial score (nSPS) is 19.4. The lowest BCUT2D eigenvalue weighted by molar-refractivity contribution is -0.120. The molecule has 1 aliphatic heterocycles. The highest BCUT2D eigenvalue weighted by Crippen LogP contribution is 2.15. The summed E-state index contributed by atoms with van der Waals surface area (Å²) in [7, 11) is 0. The fourth-order valence-corrected chi connectivity index (χ4v) is 1.92. The third-order valence-corrected chi connectivity index (χ3v) is 2.77. The van der Waals surface area contributed by atoms with Gasteiger partial charge in [0.2, 0.25) is 5.91 Å². The van der Waals surface area contributed by atoms with Gasteiger partial charge in [-0.25, -0.2) is 4.79 Å². The molecule has 0 aromatic carbocycles. The maximum atomic E-state index is 11.8. The van der Waals surface area contributed by atoms with Crippen LogP contribution in [-0.4, -0.2) is 54.7 Å². The first-order valence-corrected chi connectivity index (χ1v) is 6.80. The molecule has 1 aliphatic rings. The zero-order valence-electron chi connectivity index (χ0n) is 12.3. The van der Waals surface area contributed by atoms with Gasteiger partial charge >= 0.3 is 6.09 Å². The zero-order valence-corrected chi connectivity index (χ0v) is 12.3. The largest absolute Gasteiger partial charge is 0.444 e. The number of nitrogens with zero attached hydrogens (tertiary/aromatic N) is 1. The van der Waals surface area contributed by atoms with E-state index in [4.69, 9.17) is 4.74 Å². The topological polar surface area (TPSA) is 70.7 Å². The van der Waals surface area contributed by atoms with Gasteiger partial charge in [-0.05, 0) is 34.1 Å². The highest BCUT2D eigenvalue weighted by Gasteiger charge is 2.29. The molecule has 110 valence electrons. The van der Waals surface area contributed by atoms with Gasteiger partial charge < -0.3 is 20.3 Å². The fraction of sp³-hybridized carbons (Fsp3) is 0.846. The quantitative estimate of drug-likeness (QED) is 0.790. The minimum Gasteiger partial charge on any atom is -0.444 e. The number of ether oxygens (including phenoxy) is 1. The first kappa shape index (κ1) is 15.8. The molecule has 2 N–H and O–H groups in total. The summed E-state index contributed by atoms with van der Waals surface area (Å²) in [5.41, 5.74) is -0.469. The number of amides is 2. The van der Waals surface area contributed by atoms with Crippen LogP contribution in [0.25, 0.3) is 0 Å². The van der Waals surface area contributed by atoms with Crippen LogP contribution in [0.1, 0.15) is 34.1 Å². The van der Waals surface area contributed by atoms with Crippen molar-refractivity contribution in [2.45, 2.75) is 45.8 Å². The number of likely N-dealkylation sites (N-methyl/N-ethyl adjacent to an activating group) is 1. The number of nitrogens with one attached hydrogen (secondary N) is 2. The Morgan fingerprint density at radius 2 is 2.05 bits per heavy atom. The van der Waals surface area contributed by atoms with Crippen LogP contribution in [0, 0.1) is 0 Å².